The van der Waals surface area contributed by atoms with E-state index in [1.807, 2.05) is 20.8 Å². The van der Waals surface area contributed by atoms with Crippen LogP contribution in [0.5, 0.6) is 0 Å². The smallest absolute Gasteiger partial charge is 0.327 e. The molecule has 0 radical (unpaired) electrons. The maximum Gasteiger partial charge on any atom is 0.327 e. The molecule has 1 atom stereocenters. The number of rotatable bonds is 4. The van der Waals surface area contributed by atoms with Gasteiger partial charge in [-0.1, -0.05) is 20.8 Å². The number of ether oxygens (including phenoxy) is 1. The van der Waals surface area contributed by atoms with Crippen molar-refractivity contribution < 1.29 is 14.3 Å². The first-order valence-corrected chi connectivity index (χ1v) is 5.90. The maximum absolute atomic E-state index is 11.9. The molecule has 19 heavy (non-hydrogen) atoms. The number of carbonyl (C=O) groups is 2. The summed E-state index contributed by atoms with van der Waals surface area (Å²) in [6, 6.07) is 0.953. The topological polar surface area (TPSA) is 99.2 Å². The molecule has 0 saturated heterocycles. The lowest BCUT2D eigenvalue weighted by atomic mass is 9.87. The molecule has 0 spiro atoms. The molecule has 0 saturated carbocycles. The molecule has 0 aliphatic carbocycles. The van der Waals surface area contributed by atoms with Crippen LogP contribution in [0.25, 0.3) is 0 Å². The van der Waals surface area contributed by atoms with E-state index in [2.05, 4.69) is 15.2 Å². The Balaban J connectivity index is 2.64. The van der Waals surface area contributed by atoms with Crippen molar-refractivity contribution in [1.82, 2.24) is 9.78 Å². The minimum Gasteiger partial charge on any atom is -0.468 e. The summed E-state index contributed by atoms with van der Waals surface area (Å²) >= 11 is 0. The van der Waals surface area contributed by atoms with Crippen LogP contribution in [0, 0.1) is 5.41 Å². The molecule has 0 fully saturated rings. The van der Waals surface area contributed by atoms with Crippen LogP contribution in [0.15, 0.2) is 12.3 Å². The summed E-state index contributed by atoms with van der Waals surface area (Å²) in [7, 11) is 1.30. The Bertz CT molecular complexity index is 462. The van der Waals surface area contributed by atoms with Crippen molar-refractivity contribution in [1.29, 1.82) is 0 Å². The van der Waals surface area contributed by atoms with Gasteiger partial charge in [-0.25, -0.2) is 0 Å². The molecule has 7 nitrogen and oxygen atoms in total. The van der Waals surface area contributed by atoms with Crippen LogP contribution in [-0.4, -0.2) is 34.8 Å². The second kappa shape index (κ2) is 5.83. The number of nitrogens with two attached hydrogens (primary N) is 1. The van der Waals surface area contributed by atoms with E-state index in [-0.39, 0.29) is 17.9 Å². The van der Waals surface area contributed by atoms with Gasteiger partial charge in [-0.15, -0.1) is 0 Å². The van der Waals surface area contributed by atoms with Gasteiger partial charge in [0, 0.05) is 12.3 Å². The first-order chi connectivity index (χ1) is 8.74. The number of esters is 1. The molecular weight excluding hydrogens is 248 g/mol. The minimum absolute atomic E-state index is 0.00229. The Morgan fingerprint density at radius 2 is 2.16 bits per heavy atom. The predicted molar refractivity (Wildman–Crippen MR) is 70.3 cm³/mol. The van der Waals surface area contributed by atoms with E-state index in [0.29, 0.717) is 5.82 Å². The lowest BCUT2D eigenvalue weighted by Crippen LogP contribution is -2.45. The number of hydrogen-bond acceptors (Lipinski definition) is 5. The van der Waals surface area contributed by atoms with Crippen LogP contribution in [0.4, 0.5) is 5.82 Å². The highest BCUT2D eigenvalue weighted by molar-refractivity contribution is 5.94. The van der Waals surface area contributed by atoms with Crippen molar-refractivity contribution in [2.45, 2.75) is 33.4 Å². The molecular formula is C12H20N4O3. The summed E-state index contributed by atoms with van der Waals surface area (Å²) in [5, 5.41) is 6.64. The third-order valence-corrected chi connectivity index (χ3v) is 2.63. The summed E-state index contributed by atoms with van der Waals surface area (Å²) in [6.45, 7) is 5.64. The normalized spacial score (nSPS) is 12.9. The second-order valence-electron chi connectivity index (χ2n) is 5.31. The predicted octanol–water partition coefficient (Wildman–Crippen LogP) is 0.368. The van der Waals surface area contributed by atoms with Gasteiger partial charge in [0.1, 0.15) is 6.54 Å². The number of methoxy groups -OCH3 is 1. The van der Waals surface area contributed by atoms with Crippen molar-refractivity contribution in [3.63, 3.8) is 0 Å². The van der Waals surface area contributed by atoms with Crippen molar-refractivity contribution in [3.8, 4) is 0 Å². The highest BCUT2D eigenvalue weighted by atomic mass is 16.5. The number of nitrogens with one attached hydrogen (secondary N) is 1. The summed E-state index contributed by atoms with van der Waals surface area (Å²) in [5.74, 6) is -0.364. The fourth-order valence-corrected chi connectivity index (χ4v) is 1.31. The molecule has 0 bridgehead atoms. The monoisotopic (exact) mass is 268 g/mol. The number of aromatic nitrogens is 2. The third-order valence-electron chi connectivity index (χ3n) is 2.63. The van der Waals surface area contributed by atoms with E-state index in [4.69, 9.17) is 5.73 Å². The van der Waals surface area contributed by atoms with E-state index < -0.39 is 12.0 Å². The maximum atomic E-state index is 11.9. The molecule has 0 aromatic carbocycles. The van der Waals surface area contributed by atoms with Crippen LogP contribution in [0.1, 0.15) is 20.8 Å². The lowest BCUT2D eigenvalue weighted by molar-refractivity contribution is -0.141. The summed E-state index contributed by atoms with van der Waals surface area (Å²) < 4.78 is 5.90. The van der Waals surface area contributed by atoms with Gasteiger partial charge in [0.05, 0.1) is 13.2 Å². The Morgan fingerprint density at radius 1 is 1.53 bits per heavy atom. The van der Waals surface area contributed by atoms with E-state index in [1.165, 1.54) is 11.8 Å². The first-order valence-electron chi connectivity index (χ1n) is 5.90. The molecule has 0 unspecified atom stereocenters. The van der Waals surface area contributed by atoms with Gasteiger partial charge in [0.2, 0.25) is 5.91 Å². The standard InChI is InChI=1S/C12H20N4O3/c1-12(2,3)10(13)11(18)14-8-5-6-16(15-8)7-9(17)19-4/h5-6,10H,7,13H2,1-4H3,(H,14,15,18)/t10-/m1/s1. The van der Waals surface area contributed by atoms with Crippen molar-refractivity contribution in [2.75, 3.05) is 12.4 Å². The number of anilines is 1. The van der Waals surface area contributed by atoms with Gasteiger partial charge >= 0.3 is 5.97 Å². The van der Waals surface area contributed by atoms with Crippen LogP contribution in [0.3, 0.4) is 0 Å². The number of hydrogen-bond donors (Lipinski definition) is 2. The molecule has 1 amide bonds. The van der Waals surface area contributed by atoms with Gasteiger partial charge in [-0.05, 0) is 5.41 Å². The van der Waals surface area contributed by atoms with Gasteiger partial charge in [-0.3, -0.25) is 14.3 Å². The first kappa shape index (κ1) is 15.2. The van der Waals surface area contributed by atoms with Crippen LogP contribution in [-0.2, 0) is 20.9 Å². The molecule has 7 heteroatoms. The van der Waals surface area contributed by atoms with E-state index >= 15 is 0 Å². The van der Waals surface area contributed by atoms with Crippen molar-refractivity contribution in [2.24, 2.45) is 11.1 Å². The average Bonchev–Trinajstić information content (AvgIpc) is 2.73. The average molecular weight is 268 g/mol. The Kier molecular flexibility index (Phi) is 4.66. The SMILES string of the molecule is COC(=O)Cn1ccc(NC(=O)[C@@H](N)C(C)(C)C)n1. The molecule has 1 rings (SSSR count). The number of amides is 1. The molecule has 1 aromatic heterocycles. The zero-order valence-electron chi connectivity index (χ0n) is 11.6. The number of nitrogens with zero attached hydrogens (tertiary/aromatic N) is 2. The molecule has 0 aliphatic heterocycles. The lowest BCUT2D eigenvalue weighted by Gasteiger charge is -2.25. The summed E-state index contributed by atoms with van der Waals surface area (Å²) in [5.41, 5.74) is 5.50. The zero-order chi connectivity index (χ0) is 14.6. The van der Waals surface area contributed by atoms with Gasteiger partial charge < -0.3 is 15.8 Å². The largest absolute Gasteiger partial charge is 0.468 e. The zero-order valence-corrected chi connectivity index (χ0v) is 11.6. The van der Waals surface area contributed by atoms with Gasteiger partial charge in [0.15, 0.2) is 5.82 Å². The van der Waals surface area contributed by atoms with Crippen LogP contribution < -0.4 is 11.1 Å². The van der Waals surface area contributed by atoms with Gasteiger partial charge in [-0.2, -0.15) is 5.10 Å². The molecule has 0 aliphatic rings. The quantitative estimate of drug-likeness (QED) is 0.768. The molecule has 1 heterocycles. The van der Waals surface area contributed by atoms with Crippen LogP contribution >= 0.6 is 0 Å². The van der Waals surface area contributed by atoms with Crippen molar-refractivity contribution in [3.05, 3.63) is 12.3 Å². The summed E-state index contributed by atoms with van der Waals surface area (Å²) in [6.07, 6.45) is 1.58. The number of carbonyl (C=O) groups excluding carboxylic acids is 2. The van der Waals surface area contributed by atoms with Gasteiger partial charge in [0.25, 0.3) is 0 Å². The fraction of sp³-hybridized carbons (Fsp3) is 0.583. The highest BCUT2D eigenvalue weighted by Crippen LogP contribution is 2.18. The molecule has 1 aromatic rings. The Morgan fingerprint density at radius 3 is 2.68 bits per heavy atom. The van der Waals surface area contributed by atoms with Crippen molar-refractivity contribution >= 4 is 17.7 Å². The Labute approximate surface area is 112 Å². The molecule has 106 valence electrons. The van der Waals surface area contributed by atoms with Crippen LogP contribution in [0.2, 0.25) is 0 Å². The third kappa shape index (κ3) is 4.36. The highest BCUT2D eigenvalue weighted by Gasteiger charge is 2.27. The second-order valence-corrected chi connectivity index (χ2v) is 5.31. The van der Waals surface area contributed by atoms with E-state index in [9.17, 15) is 9.59 Å². The fourth-order valence-electron chi connectivity index (χ4n) is 1.31. The van der Waals surface area contributed by atoms with E-state index in [1.54, 1.807) is 12.3 Å². The molecule has 3 N–H and O–H groups in total. The Hall–Kier alpha value is -1.89. The van der Waals surface area contributed by atoms with E-state index in [0.717, 1.165) is 0 Å². The minimum atomic E-state index is -0.641. The summed E-state index contributed by atoms with van der Waals surface area (Å²) in [4.78, 5) is 22.9.